The highest BCUT2D eigenvalue weighted by molar-refractivity contribution is 5.64. The van der Waals surface area contributed by atoms with E-state index in [9.17, 15) is 9.59 Å². The third-order valence-corrected chi connectivity index (χ3v) is 1.24. The molecule has 1 amide bonds. The summed E-state index contributed by atoms with van der Waals surface area (Å²) in [6.07, 6.45) is 0.400. The van der Waals surface area contributed by atoms with Crippen molar-refractivity contribution in [2.45, 2.75) is 6.73 Å². The summed E-state index contributed by atoms with van der Waals surface area (Å²) < 4.78 is 5.43. The van der Waals surface area contributed by atoms with Gasteiger partial charge in [0.05, 0.1) is 0 Å². The number of carbonyl (C=O) groups is 1. The fourth-order valence-corrected chi connectivity index (χ4v) is 0.673. The molecule has 1 rings (SSSR count). The zero-order valence-electron chi connectivity index (χ0n) is 6.64. The Morgan fingerprint density at radius 3 is 2.92 bits per heavy atom. The normalized spacial score (nSPS) is 9.54. The number of hydrogen-bond donors (Lipinski definition) is 2. The smallest absolute Gasteiger partial charge is 0.406 e. The van der Waals surface area contributed by atoms with Gasteiger partial charge in [-0.05, 0) is 6.07 Å². The Morgan fingerprint density at radius 1 is 1.69 bits per heavy atom. The Bertz CT molecular complexity index is 372. The van der Waals surface area contributed by atoms with Crippen LogP contribution in [0, 0.1) is 0 Å². The highest BCUT2D eigenvalue weighted by Crippen LogP contribution is 1.89. The van der Waals surface area contributed by atoms with Gasteiger partial charge in [0.2, 0.25) is 0 Å². The van der Waals surface area contributed by atoms with Crippen molar-refractivity contribution in [2.24, 2.45) is 5.73 Å². The van der Waals surface area contributed by atoms with Crippen LogP contribution in [0.3, 0.4) is 0 Å². The van der Waals surface area contributed by atoms with Gasteiger partial charge in [-0.2, -0.15) is 4.98 Å². The molecular formula is C6H8N4O3. The summed E-state index contributed by atoms with van der Waals surface area (Å²) in [6.45, 7) is -0.262. The molecule has 0 aliphatic rings. The highest BCUT2D eigenvalue weighted by Gasteiger charge is 1.99. The molecule has 0 saturated heterocycles. The van der Waals surface area contributed by atoms with Gasteiger partial charge in [0.15, 0.2) is 6.73 Å². The van der Waals surface area contributed by atoms with Crippen LogP contribution >= 0.6 is 0 Å². The molecule has 1 heterocycles. The maximum Gasteiger partial charge on any atom is 0.406 e. The molecule has 1 aromatic rings. The Hall–Kier alpha value is -2.05. The van der Waals surface area contributed by atoms with Crippen LogP contribution in [0.15, 0.2) is 17.1 Å². The fraction of sp³-hybridized carbons (Fsp3) is 0.167. The quantitative estimate of drug-likeness (QED) is 0.604. The molecule has 0 saturated carbocycles. The number of ether oxygens (including phenoxy) is 1. The zero-order valence-corrected chi connectivity index (χ0v) is 6.64. The number of aromatic nitrogens is 2. The fourth-order valence-electron chi connectivity index (χ4n) is 0.673. The lowest BCUT2D eigenvalue weighted by atomic mass is 10.6. The van der Waals surface area contributed by atoms with Crippen LogP contribution in [-0.2, 0) is 11.5 Å². The van der Waals surface area contributed by atoms with Crippen molar-refractivity contribution in [3.05, 3.63) is 22.7 Å². The van der Waals surface area contributed by atoms with Gasteiger partial charge in [-0.25, -0.2) is 9.59 Å². The molecular weight excluding hydrogens is 176 g/mol. The molecule has 70 valence electrons. The van der Waals surface area contributed by atoms with E-state index in [0.717, 1.165) is 4.57 Å². The van der Waals surface area contributed by atoms with Gasteiger partial charge in [-0.15, -0.1) is 0 Å². The molecule has 0 unspecified atom stereocenters. The third-order valence-electron chi connectivity index (χ3n) is 1.24. The predicted octanol–water partition coefficient (Wildman–Crippen LogP) is -1.12. The third kappa shape index (κ3) is 2.47. The predicted molar refractivity (Wildman–Crippen MR) is 43.6 cm³/mol. The largest absolute Gasteiger partial charge is 0.428 e. The molecule has 0 spiro atoms. The van der Waals surface area contributed by atoms with Crippen molar-refractivity contribution in [1.82, 2.24) is 9.55 Å². The van der Waals surface area contributed by atoms with Gasteiger partial charge in [-0.3, -0.25) is 4.57 Å². The first-order valence-corrected chi connectivity index (χ1v) is 3.35. The molecule has 0 radical (unpaired) electrons. The number of nitrogen functional groups attached to an aromatic ring is 1. The SMILES string of the molecule is NC(=O)OCn1ccc(N)nc1=O. The summed E-state index contributed by atoms with van der Waals surface area (Å²) in [5.41, 5.74) is 9.33. The van der Waals surface area contributed by atoms with Crippen molar-refractivity contribution < 1.29 is 9.53 Å². The lowest BCUT2D eigenvalue weighted by Crippen LogP contribution is -2.26. The van der Waals surface area contributed by atoms with Gasteiger partial charge in [0.25, 0.3) is 0 Å². The summed E-state index contributed by atoms with van der Waals surface area (Å²) >= 11 is 0. The minimum atomic E-state index is -0.955. The second kappa shape index (κ2) is 3.57. The number of nitrogens with zero attached hydrogens (tertiary/aromatic N) is 2. The first-order chi connectivity index (χ1) is 6.09. The zero-order chi connectivity index (χ0) is 9.84. The molecule has 0 aliphatic carbocycles. The molecule has 4 N–H and O–H groups in total. The number of nitrogens with two attached hydrogens (primary N) is 2. The molecule has 0 aliphatic heterocycles. The maximum atomic E-state index is 11.0. The van der Waals surface area contributed by atoms with E-state index in [2.05, 4.69) is 9.72 Å². The van der Waals surface area contributed by atoms with Crippen molar-refractivity contribution in [1.29, 1.82) is 0 Å². The standard InChI is InChI=1S/C6H8N4O3/c7-4-1-2-10(6(12)9-4)3-13-5(8)11/h1-2H,3H2,(H2,8,11)(H2,7,9,12). The molecule has 7 nitrogen and oxygen atoms in total. The highest BCUT2D eigenvalue weighted by atomic mass is 16.6. The Morgan fingerprint density at radius 2 is 2.38 bits per heavy atom. The lowest BCUT2D eigenvalue weighted by molar-refractivity contribution is 0.121. The molecule has 0 aromatic carbocycles. The molecule has 7 heteroatoms. The minimum Gasteiger partial charge on any atom is -0.428 e. The van der Waals surface area contributed by atoms with Crippen molar-refractivity contribution >= 4 is 11.9 Å². The van der Waals surface area contributed by atoms with Gasteiger partial charge >= 0.3 is 11.8 Å². The number of primary amides is 1. The maximum absolute atomic E-state index is 11.0. The molecule has 0 fully saturated rings. The van der Waals surface area contributed by atoms with Crippen molar-refractivity contribution in [3.8, 4) is 0 Å². The summed E-state index contributed by atoms with van der Waals surface area (Å²) in [5.74, 6) is 0.111. The van der Waals surface area contributed by atoms with E-state index in [4.69, 9.17) is 11.5 Å². The second-order valence-electron chi connectivity index (χ2n) is 2.20. The number of hydrogen-bond acceptors (Lipinski definition) is 5. The van der Waals surface area contributed by atoms with E-state index in [1.165, 1.54) is 12.3 Å². The first kappa shape index (κ1) is 9.04. The number of anilines is 1. The summed E-state index contributed by atoms with van der Waals surface area (Å²) in [6, 6.07) is 1.41. The van der Waals surface area contributed by atoms with E-state index in [1.54, 1.807) is 0 Å². The second-order valence-corrected chi connectivity index (χ2v) is 2.20. The topological polar surface area (TPSA) is 113 Å². The molecule has 0 bridgehead atoms. The van der Waals surface area contributed by atoms with Crippen LogP contribution in [0.25, 0.3) is 0 Å². The van der Waals surface area contributed by atoms with E-state index in [-0.39, 0.29) is 12.5 Å². The summed E-state index contributed by atoms with van der Waals surface area (Å²) in [7, 11) is 0. The number of carbonyl (C=O) groups excluding carboxylic acids is 1. The summed E-state index contributed by atoms with van der Waals surface area (Å²) in [5, 5.41) is 0. The van der Waals surface area contributed by atoms with Crippen LogP contribution in [0.2, 0.25) is 0 Å². The number of rotatable bonds is 2. The van der Waals surface area contributed by atoms with Crippen LogP contribution < -0.4 is 17.2 Å². The van der Waals surface area contributed by atoms with Crippen LogP contribution in [0.1, 0.15) is 0 Å². The average Bonchev–Trinajstić information content (AvgIpc) is 2.02. The monoisotopic (exact) mass is 184 g/mol. The van der Waals surface area contributed by atoms with E-state index in [0.29, 0.717) is 0 Å². The Kier molecular flexibility index (Phi) is 2.48. The van der Waals surface area contributed by atoms with E-state index < -0.39 is 11.8 Å². The van der Waals surface area contributed by atoms with Gasteiger partial charge in [-0.1, -0.05) is 0 Å². The van der Waals surface area contributed by atoms with Gasteiger partial charge < -0.3 is 16.2 Å². The van der Waals surface area contributed by atoms with Crippen LogP contribution in [0.5, 0.6) is 0 Å². The van der Waals surface area contributed by atoms with E-state index >= 15 is 0 Å². The van der Waals surface area contributed by atoms with Crippen LogP contribution in [-0.4, -0.2) is 15.6 Å². The Labute approximate surface area is 72.9 Å². The van der Waals surface area contributed by atoms with Crippen LogP contribution in [0.4, 0.5) is 10.6 Å². The lowest BCUT2D eigenvalue weighted by Gasteiger charge is -2.03. The molecule has 0 atom stereocenters. The number of amides is 1. The Balaban J connectivity index is 2.78. The van der Waals surface area contributed by atoms with Gasteiger partial charge in [0.1, 0.15) is 5.82 Å². The van der Waals surface area contributed by atoms with Crippen molar-refractivity contribution in [3.63, 3.8) is 0 Å². The minimum absolute atomic E-state index is 0.111. The van der Waals surface area contributed by atoms with E-state index in [1.807, 2.05) is 0 Å². The molecule has 13 heavy (non-hydrogen) atoms. The van der Waals surface area contributed by atoms with Gasteiger partial charge in [0, 0.05) is 6.20 Å². The van der Waals surface area contributed by atoms with Crippen molar-refractivity contribution in [2.75, 3.05) is 5.73 Å². The molecule has 1 aromatic heterocycles. The average molecular weight is 184 g/mol. The summed E-state index contributed by atoms with van der Waals surface area (Å²) in [4.78, 5) is 24.6. The first-order valence-electron chi connectivity index (χ1n) is 3.35.